The summed E-state index contributed by atoms with van der Waals surface area (Å²) in [7, 11) is 0. The highest BCUT2D eigenvalue weighted by atomic mass is 19.1. The number of hydrogen-bond acceptors (Lipinski definition) is 7. The van der Waals surface area contributed by atoms with Crippen LogP contribution < -0.4 is 20.3 Å². The van der Waals surface area contributed by atoms with Crippen LogP contribution in [0.5, 0.6) is 11.8 Å². The first-order valence-electron chi connectivity index (χ1n) is 12.6. The van der Waals surface area contributed by atoms with Gasteiger partial charge in [0.2, 0.25) is 0 Å². The summed E-state index contributed by atoms with van der Waals surface area (Å²) in [4.78, 5) is 16.1. The Morgan fingerprint density at radius 3 is 2.94 bits per heavy atom. The van der Waals surface area contributed by atoms with E-state index in [2.05, 4.69) is 43.5 Å². The lowest BCUT2D eigenvalue weighted by Gasteiger charge is -2.34. The van der Waals surface area contributed by atoms with Crippen LogP contribution in [0.2, 0.25) is 0 Å². The Morgan fingerprint density at radius 2 is 2.11 bits per heavy atom. The van der Waals surface area contributed by atoms with E-state index in [1.165, 1.54) is 18.4 Å². The molecule has 35 heavy (non-hydrogen) atoms. The highest BCUT2D eigenvalue weighted by Gasteiger charge is 2.28. The minimum atomic E-state index is -0.367. The number of aromatic nitrogens is 2. The largest absolute Gasteiger partial charge is 0.421 e. The summed E-state index contributed by atoms with van der Waals surface area (Å²) in [5.41, 5.74) is 4.10. The standard InChI is InChI=1S/C27H31FN6O/c1-3-20-15-34(9-8-29-20)25-13-24(31-23-12-19(14-30-23)17-4-5-17)32-27(33-25)35-22-7-6-18-10-16(2)11-21(18)26(22)28/h6-7,11-13,17,20,29H,3-5,8-10,14-15H2,1-2H3,(H,30,31,32,33). The van der Waals surface area contributed by atoms with Crippen molar-refractivity contribution in [1.82, 2.24) is 15.3 Å². The number of rotatable bonds is 6. The van der Waals surface area contributed by atoms with E-state index in [0.717, 1.165) is 61.8 Å². The summed E-state index contributed by atoms with van der Waals surface area (Å²) in [6.45, 7) is 7.49. The summed E-state index contributed by atoms with van der Waals surface area (Å²) in [5.74, 6) is 2.62. The Kier molecular flexibility index (Phi) is 5.76. The van der Waals surface area contributed by atoms with E-state index in [1.54, 1.807) is 6.07 Å². The normalized spacial score (nSPS) is 21.4. The molecule has 1 saturated carbocycles. The summed E-state index contributed by atoms with van der Waals surface area (Å²) >= 11 is 0. The molecule has 182 valence electrons. The number of ether oxygens (including phenoxy) is 1. The van der Waals surface area contributed by atoms with E-state index in [-0.39, 0.29) is 17.6 Å². The van der Waals surface area contributed by atoms with Crippen LogP contribution in [0.3, 0.4) is 0 Å². The molecule has 0 spiro atoms. The number of hydrogen-bond donors (Lipinski definition) is 2. The second-order valence-electron chi connectivity index (χ2n) is 9.94. The van der Waals surface area contributed by atoms with Crippen molar-refractivity contribution in [3.05, 3.63) is 52.4 Å². The van der Waals surface area contributed by atoms with Crippen LogP contribution in [0.4, 0.5) is 16.0 Å². The third kappa shape index (κ3) is 4.67. The van der Waals surface area contributed by atoms with Crippen LogP contribution in [0, 0.1) is 11.7 Å². The maximum Gasteiger partial charge on any atom is 0.326 e. The van der Waals surface area contributed by atoms with Gasteiger partial charge >= 0.3 is 6.01 Å². The number of anilines is 2. The van der Waals surface area contributed by atoms with Gasteiger partial charge < -0.3 is 20.3 Å². The lowest BCUT2D eigenvalue weighted by Crippen LogP contribution is -2.50. The Bertz CT molecular complexity index is 1250. The van der Waals surface area contributed by atoms with E-state index >= 15 is 4.39 Å². The highest BCUT2D eigenvalue weighted by molar-refractivity contribution is 6.05. The summed E-state index contributed by atoms with van der Waals surface area (Å²) in [6.07, 6.45) is 8.34. The van der Waals surface area contributed by atoms with E-state index in [1.807, 2.05) is 25.1 Å². The fourth-order valence-corrected chi connectivity index (χ4v) is 5.04. The zero-order chi connectivity index (χ0) is 23.9. The van der Waals surface area contributed by atoms with Gasteiger partial charge in [0, 0.05) is 37.3 Å². The van der Waals surface area contributed by atoms with Gasteiger partial charge in [0.15, 0.2) is 11.6 Å². The van der Waals surface area contributed by atoms with Gasteiger partial charge in [-0.2, -0.15) is 9.97 Å². The van der Waals surface area contributed by atoms with Crippen molar-refractivity contribution in [3.63, 3.8) is 0 Å². The van der Waals surface area contributed by atoms with Crippen LogP contribution in [-0.2, 0) is 6.42 Å². The molecular formula is C27H31FN6O. The molecule has 3 heterocycles. The van der Waals surface area contributed by atoms with Gasteiger partial charge in [-0.1, -0.05) is 24.6 Å². The van der Waals surface area contributed by atoms with Crippen LogP contribution in [0.15, 0.2) is 40.4 Å². The Balaban J connectivity index is 1.31. The number of fused-ring (bicyclic) bond motifs is 1. The van der Waals surface area contributed by atoms with Crippen molar-refractivity contribution >= 4 is 23.5 Å². The molecule has 8 heteroatoms. The number of nitrogens with one attached hydrogen (secondary N) is 2. The number of benzene rings is 1. The molecule has 1 aromatic heterocycles. The van der Waals surface area contributed by atoms with E-state index in [4.69, 9.17) is 4.74 Å². The first-order valence-corrected chi connectivity index (χ1v) is 12.6. The number of halogens is 1. The molecule has 1 unspecified atom stereocenters. The van der Waals surface area contributed by atoms with Crippen molar-refractivity contribution in [2.24, 2.45) is 10.9 Å². The predicted molar refractivity (Wildman–Crippen MR) is 137 cm³/mol. The quantitative estimate of drug-likeness (QED) is 0.631. The smallest absolute Gasteiger partial charge is 0.326 e. The molecular weight excluding hydrogens is 443 g/mol. The molecule has 0 bridgehead atoms. The molecule has 6 rings (SSSR count). The maximum atomic E-state index is 15.3. The van der Waals surface area contributed by atoms with Crippen LogP contribution in [0.25, 0.3) is 6.08 Å². The van der Waals surface area contributed by atoms with Crippen LogP contribution >= 0.6 is 0 Å². The zero-order valence-corrected chi connectivity index (χ0v) is 20.3. The van der Waals surface area contributed by atoms with Crippen molar-refractivity contribution < 1.29 is 9.13 Å². The van der Waals surface area contributed by atoms with Crippen LogP contribution in [0.1, 0.15) is 44.2 Å². The Morgan fingerprint density at radius 1 is 1.23 bits per heavy atom. The monoisotopic (exact) mass is 474 g/mol. The SMILES string of the molecule is CCC1CN(c2cc(NC3=NCC(C4CC4)=C3)nc(Oc3ccc4c(c3F)C=C(C)C4)n2)CCN1. The Labute approximate surface area is 205 Å². The number of nitrogens with zero attached hydrogens (tertiary/aromatic N) is 4. The number of aliphatic imine (C=N–C) groups is 1. The minimum absolute atomic E-state index is 0.124. The van der Waals surface area contributed by atoms with Gasteiger partial charge in [-0.3, -0.25) is 4.99 Å². The minimum Gasteiger partial charge on any atom is -0.421 e. The van der Waals surface area contributed by atoms with Gasteiger partial charge in [0.25, 0.3) is 0 Å². The molecule has 0 amide bonds. The molecule has 2 fully saturated rings. The predicted octanol–water partition coefficient (Wildman–Crippen LogP) is 4.72. The number of allylic oxidation sites excluding steroid dienone is 1. The van der Waals surface area contributed by atoms with Crippen molar-refractivity contribution in [1.29, 1.82) is 0 Å². The van der Waals surface area contributed by atoms with Gasteiger partial charge in [-0.25, -0.2) is 4.39 Å². The van der Waals surface area contributed by atoms with Crippen molar-refractivity contribution in [2.75, 3.05) is 36.4 Å². The summed E-state index contributed by atoms with van der Waals surface area (Å²) in [5, 5.41) is 6.88. The molecule has 1 atom stereocenters. The molecule has 4 aliphatic rings. The van der Waals surface area contributed by atoms with E-state index in [0.29, 0.717) is 23.3 Å². The molecule has 2 aliphatic heterocycles. The lowest BCUT2D eigenvalue weighted by atomic mass is 10.1. The second-order valence-corrected chi connectivity index (χ2v) is 9.94. The first kappa shape index (κ1) is 22.2. The maximum absolute atomic E-state index is 15.3. The highest BCUT2D eigenvalue weighted by Crippen LogP contribution is 2.38. The fourth-order valence-electron chi connectivity index (χ4n) is 5.04. The Hall–Kier alpha value is -3.26. The fraction of sp³-hybridized carbons (Fsp3) is 0.444. The third-order valence-corrected chi connectivity index (χ3v) is 7.17. The average Bonchev–Trinajstić information content (AvgIpc) is 3.49. The average molecular weight is 475 g/mol. The molecule has 1 saturated heterocycles. The van der Waals surface area contributed by atoms with Crippen molar-refractivity contribution in [2.45, 2.75) is 45.6 Å². The number of amidine groups is 1. The third-order valence-electron chi connectivity index (χ3n) is 7.17. The molecule has 2 aromatic rings. The summed E-state index contributed by atoms with van der Waals surface area (Å²) in [6, 6.07) is 6.05. The van der Waals surface area contributed by atoms with Gasteiger partial charge in [0.1, 0.15) is 17.5 Å². The second kappa shape index (κ2) is 9.07. The zero-order valence-electron chi connectivity index (χ0n) is 20.3. The molecule has 1 aromatic carbocycles. The molecule has 7 nitrogen and oxygen atoms in total. The van der Waals surface area contributed by atoms with Gasteiger partial charge in [-0.05, 0) is 61.8 Å². The van der Waals surface area contributed by atoms with E-state index in [9.17, 15) is 0 Å². The lowest BCUT2D eigenvalue weighted by molar-refractivity contribution is 0.407. The topological polar surface area (TPSA) is 74.7 Å². The molecule has 2 N–H and O–H groups in total. The molecule has 0 radical (unpaired) electrons. The first-order chi connectivity index (χ1) is 17.1. The van der Waals surface area contributed by atoms with Crippen molar-refractivity contribution in [3.8, 4) is 11.8 Å². The van der Waals surface area contributed by atoms with Gasteiger partial charge in [0.05, 0.1) is 6.54 Å². The van der Waals surface area contributed by atoms with Gasteiger partial charge in [-0.15, -0.1) is 0 Å². The molecule has 2 aliphatic carbocycles. The summed E-state index contributed by atoms with van der Waals surface area (Å²) < 4.78 is 21.2. The number of piperazine rings is 1. The van der Waals surface area contributed by atoms with E-state index < -0.39 is 0 Å². The van der Waals surface area contributed by atoms with Crippen LogP contribution in [-0.4, -0.2) is 48.0 Å².